The van der Waals surface area contributed by atoms with E-state index in [0.717, 1.165) is 61.4 Å². The molecule has 35 heavy (non-hydrogen) atoms. The Balaban J connectivity index is 1.42. The van der Waals surface area contributed by atoms with Gasteiger partial charge >= 0.3 is 5.69 Å². The fraction of sp³-hybridized carbons (Fsp3) is 0.423. The van der Waals surface area contributed by atoms with E-state index in [1.165, 1.54) is 9.65 Å². The number of aromatic nitrogens is 4. The smallest absolute Gasteiger partial charge is 0.326 e. The lowest BCUT2D eigenvalue weighted by Gasteiger charge is -2.29. The van der Waals surface area contributed by atoms with Gasteiger partial charge in [-0.05, 0) is 74.0 Å². The molecular formula is C26H30F2IN5O. The average Bonchev–Trinajstić information content (AvgIpc) is 3.40. The lowest BCUT2D eigenvalue weighted by atomic mass is 9.81. The van der Waals surface area contributed by atoms with Crippen LogP contribution in [-0.2, 0) is 13.6 Å². The van der Waals surface area contributed by atoms with Gasteiger partial charge in [0.1, 0.15) is 5.82 Å². The first kappa shape index (κ1) is 24.3. The molecule has 186 valence electrons. The van der Waals surface area contributed by atoms with Gasteiger partial charge in [-0.25, -0.2) is 18.6 Å². The Morgan fingerprint density at radius 1 is 1.14 bits per heavy atom. The molecule has 1 aliphatic carbocycles. The van der Waals surface area contributed by atoms with Crippen molar-refractivity contribution in [3.05, 3.63) is 63.0 Å². The molecule has 0 spiro atoms. The van der Waals surface area contributed by atoms with Crippen molar-refractivity contribution in [1.82, 2.24) is 24.0 Å². The van der Waals surface area contributed by atoms with E-state index in [9.17, 15) is 13.6 Å². The van der Waals surface area contributed by atoms with Crippen molar-refractivity contribution in [2.75, 3.05) is 20.6 Å². The summed E-state index contributed by atoms with van der Waals surface area (Å²) >= 11 is -0.227. The van der Waals surface area contributed by atoms with Crippen LogP contribution in [0.2, 0.25) is 0 Å². The molecule has 1 fully saturated rings. The molecule has 0 unspecified atom stereocenters. The van der Waals surface area contributed by atoms with E-state index < -0.39 is 11.6 Å². The van der Waals surface area contributed by atoms with Crippen LogP contribution in [0.15, 0.2) is 29.2 Å². The zero-order valence-corrected chi connectivity index (χ0v) is 22.3. The Morgan fingerprint density at radius 3 is 2.60 bits per heavy atom. The van der Waals surface area contributed by atoms with E-state index in [0.29, 0.717) is 23.1 Å². The Bertz CT molecular complexity index is 1460. The normalized spacial score (nSPS) is 20.0. The zero-order valence-electron chi connectivity index (χ0n) is 20.2. The van der Waals surface area contributed by atoms with Gasteiger partial charge in [0.15, 0.2) is 11.6 Å². The summed E-state index contributed by atoms with van der Waals surface area (Å²) in [5.74, 6) is 0.135. The summed E-state index contributed by atoms with van der Waals surface area (Å²) in [6.45, 7) is 1.66. The number of hydrogen-bond acceptors (Lipinski definition) is 3. The van der Waals surface area contributed by atoms with Crippen molar-refractivity contribution in [2.24, 2.45) is 13.0 Å². The highest BCUT2D eigenvalue weighted by atomic mass is 127. The number of rotatable bonds is 6. The van der Waals surface area contributed by atoms with Crippen LogP contribution in [0.5, 0.6) is 0 Å². The fourth-order valence-electron chi connectivity index (χ4n) is 5.09. The molecule has 2 aliphatic rings. The minimum absolute atomic E-state index is 0.0515. The van der Waals surface area contributed by atoms with Gasteiger partial charge in [0, 0.05) is 41.4 Å². The summed E-state index contributed by atoms with van der Waals surface area (Å²) in [5, 5.41) is 2.04. The Kier molecular flexibility index (Phi) is 6.89. The van der Waals surface area contributed by atoms with Gasteiger partial charge in [-0.1, -0.05) is 20.7 Å². The molecule has 1 N–H and O–H groups in total. The first-order chi connectivity index (χ1) is 16.8. The quantitative estimate of drug-likeness (QED) is 0.448. The lowest BCUT2D eigenvalue weighted by molar-refractivity contribution is 0.350. The predicted molar refractivity (Wildman–Crippen MR) is 144 cm³/mol. The summed E-state index contributed by atoms with van der Waals surface area (Å²) in [6, 6.07) is 3.98. The monoisotopic (exact) mass is 593 g/mol. The summed E-state index contributed by atoms with van der Waals surface area (Å²) < 4.78 is 35.0. The molecule has 0 radical (unpaired) electrons. The zero-order chi connectivity index (χ0) is 24.7. The van der Waals surface area contributed by atoms with Crippen LogP contribution in [0, 0.1) is 17.6 Å². The van der Waals surface area contributed by atoms with Crippen LogP contribution >= 0.6 is 20.7 Å². The lowest BCUT2D eigenvalue weighted by Crippen LogP contribution is -2.35. The van der Waals surface area contributed by atoms with Gasteiger partial charge in [0.2, 0.25) is 0 Å². The number of H-pyrrole nitrogens is 1. The van der Waals surface area contributed by atoms with Crippen LogP contribution in [0.25, 0.3) is 20.9 Å². The van der Waals surface area contributed by atoms with Crippen LogP contribution in [0.3, 0.4) is 0 Å². The van der Waals surface area contributed by atoms with Crippen LogP contribution in [-0.4, -0.2) is 48.7 Å². The van der Waals surface area contributed by atoms with E-state index >= 15 is 0 Å². The molecule has 6 nitrogen and oxygen atoms in total. The van der Waals surface area contributed by atoms with Crippen molar-refractivity contribution in [3.63, 3.8) is 0 Å². The minimum atomic E-state index is -0.854. The molecule has 0 bridgehead atoms. The molecule has 0 amide bonds. The molecular weight excluding hydrogens is 563 g/mol. The highest BCUT2D eigenvalue weighted by molar-refractivity contribution is 14.2. The number of halogens is 3. The third-order valence-corrected chi connectivity index (χ3v) is 9.82. The Hall–Kier alpha value is -2.40. The SMILES string of the molecule is CN(C)CCn1cc(-c2ccc(F)c(F)c2)nc1C1CCC(C2=c3c([nH]c(=O)n3C)=CC=I2)CC1. The van der Waals surface area contributed by atoms with Crippen molar-refractivity contribution < 1.29 is 8.78 Å². The van der Waals surface area contributed by atoms with E-state index in [2.05, 4.69) is 24.5 Å². The standard InChI is InChI=1S/C26H30F2IN5O/c1-32(2)12-13-34-15-22(18-8-9-19(27)20(28)14-18)30-25(34)17-6-4-16(5-7-17)23-24-21(10-11-29-23)31-26(35)33(24)3/h8-11,14-17H,4-7,12-13H2,1-3H3,(H,31,35). The van der Waals surface area contributed by atoms with Gasteiger partial charge in [0.25, 0.3) is 0 Å². The number of aromatic amines is 1. The first-order valence-electron chi connectivity index (χ1n) is 11.9. The van der Waals surface area contributed by atoms with Crippen LogP contribution in [0.1, 0.15) is 37.4 Å². The minimum Gasteiger partial charge on any atom is -0.333 e. The van der Waals surface area contributed by atoms with Crippen molar-refractivity contribution in [2.45, 2.75) is 38.1 Å². The molecule has 3 aromatic rings. The van der Waals surface area contributed by atoms with Crippen molar-refractivity contribution in [1.29, 1.82) is 0 Å². The maximum Gasteiger partial charge on any atom is 0.326 e. The number of nitrogens with one attached hydrogen (secondary N) is 1. The third-order valence-electron chi connectivity index (χ3n) is 7.03. The summed E-state index contributed by atoms with van der Waals surface area (Å²) in [6.07, 6.45) is 8.20. The topological polar surface area (TPSA) is 58.9 Å². The van der Waals surface area contributed by atoms with Crippen molar-refractivity contribution >= 4 is 34.4 Å². The Labute approximate surface area is 212 Å². The van der Waals surface area contributed by atoms with Gasteiger partial charge in [0.05, 0.1) is 16.4 Å². The summed E-state index contributed by atoms with van der Waals surface area (Å²) in [4.78, 5) is 22.2. The molecule has 9 heteroatoms. The van der Waals surface area contributed by atoms with Crippen LogP contribution < -0.4 is 16.4 Å². The average molecular weight is 593 g/mol. The second-order valence-electron chi connectivity index (χ2n) is 9.66. The summed E-state index contributed by atoms with van der Waals surface area (Å²) in [5.41, 5.74) is 1.23. The van der Waals surface area contributed by atoms with E-state index in [-0.39, 0.29) is 26.4 Å². The molecule has 0 saturated heterocycles. The fourth-order valence-corrected chi connectivity index (χ4v) is 8.09. The van der Waals surface area contributed by atoms with E-state index in [4.69, 9.17) is 4.98 Å². The predicted octanol–water partition coefficient (Wildman–Crippen LogP) is 3.07. The van der Waals surface area contributed by atoms with Gasteiger partial charge in [-0.2, -0.15) is 0 Å². The number of nitrogens with zero attached hydrogens (tertiary/aromatic N) is 4. The second kappa shape index (κ2) is 9.93. The van der Waals surface area contributed by atoms with Gasteiger partial charge in [-0.3, -0.25) is 4.57 Å². The maximum atomic E-state index is 13.9. The van der Waals surface area contributed by atoms with Gasteiger partial charge < -0.3 is 14.5 Å². The largest absolute Gasteiger partial charge is 0.333 e. The maximum absolute atomic E-state index is 13.9. The molecule has 5 rings (SSSR count). The molecule has 1 aromatic carbocycles. The molecule has 1 aliphatic heterocycles. The number of fused-ring (bicyclic) bond motifs is 1. The highest BCUT2D eigenvalue weighted by Crippen LogP contribution is 2.42. The van der Waals surface area contributed by atoms with Crippen molar-refractivity contribution in [3.8, 4) is 11.3 Å². The van der Waals surface area contributed by atoms with E-state index in [1.54, 1.807) is 10.6 Å². The second-order valence-corrected chi connectivity index (χ2v) is 12.2. The third kappa shape index (κ3) is 4.84. The first-order valence-corrected chi connectivity index (χ1v) is 14.3. The Morgan fingerprint density at radius 2 is 1.89 bits per heavy atom. The number of hydrogen-bond donors (Lipinski definition) is 1. The number of benzene rings is 1. The number of likely N-dealkylation sites (N-methyl/N-ethyl adjacent to an activating group) is 1. The highest BCUT2D eigenvalue weighted by Gasteiger charge is 2.29. The molecule has 1 saturated carbocycles. The molecule has 3 heterocycles. The van der Waals surface area contributed by atoms with E-state index in [1.807, 2.05) is 27.3 Å². The van der Waals surface area contributed by atoms with Crippen LogP contribution in [0.4, 0.5) is 8.78 Å². The molecule has 0 atom stereocenters. The summed E-state index contributed by atoms with van der Waals surface area (Å²) in [7, 11) is 5.94. The molecule has 2 aromatic heterocycles. The van der Waals surface area contributed by atoms with Gasteiger partial charge in [-0.15, -0.1) is 0 Å². The number of imidazole rings is 2.